The van der Waals surface area contributed by atoms with Gasteiger partial charge in [0.2, 0.25) is 0 Å². The summed E-state index contributed by atoms with van der Waals surface area (Å²) in [7, 11) is 0. The van der Waals surface area contributed by atoms with Crippen LogP contribution < -0.4 is 5.32 Å². The molecule has 1 heterocycles. The van der Waals surface area contributed by atoms with E-state index in [1.54, 1.807) is 0 Å². The van der Waals surface area contributed by atoms with Crippen LogP contribution in [-0.2, 0) is 0 Å². The number of fused-ring (bicyclic) bond motifs is 1. The first-order valence-electron chi connectivity index (χ1n) is 6.57. The standard InChI is InChI=1S/C13H25N/c1-3-5-11-8-9-12-10(2)6-4-7-13(12)14-11/h10-14H,3-9H2,1-2H3/t10-,11+,12-,13+/m1/s1. The van der Waals surface area contributed by atoms with Crippen molar-refractivity contribution in [3.05, 3.63) is 0 Å². The van der Waals surface area contributed by atoms with Gasteiger partial charge in [-0.15, -0.1) is 0 Å². The molecule has 0 spiro atoms. The molecule has 0 aromatic heterocycles. The van der Waals surface area contributed by atoms with E-state index in [4.69, 9.17) is 0 Å². The van der Waals surface area contributed by atoms with Crippen molar-refractivity contribution in [1.29, 1.82) is 0 Å². The molecule has 0 aromatic rings. The molecule has 82 valence electrons. The quantitative estimate of drug-likeness (QED) is 0.712. The Hall–Kier alpha value is -0.0400. The SMILES string of the molecule is CCC[C@H]1CC[C@@H]2[C@H](C)CCC[C@@H]2N1. The molecule has 1 N–H and O–H groups in total. The van der Waals surface area contributed by atoms with Crippen LogP contribution in [0, 0.1) is 11.8 Å². The molecule has 0 unspecified atom stereocenters. The van der Waals surface area contributed by atoms with Crippen LogP contribution in [0.2, 0.25) is 0 Å². The van der Waals surface area contributed by atoms with Gasteiger partial charge in [-0.25, -0.2) is 0 Å². The van der Waals surface area contributed by atoms with Crippen LogP contribution in [-0.4, -0.2) is 12.1 Å². The maximum Gasteiger partial charge on any atom is 0.0100 e. The van der Waals surface area contributed by atoms with E-state index in [9.17, 15) is 0 Å². The summed E-state index contributed by atoms with van der Waals surface area (Å²) in [6.45, 7) is 4.76. The molecule has 1 aliphatic carbocycles. The monoisotopic (exact) mass is 195 g/mol. The second kappa shape index (κ2) is 4.65. The van der Waals surface area contributed by atoms with E-state index in [1.165, 1.54) is 44.9 Å². The van der Waals surface area contributed by atoms with E-state index < -0.39 is 0 Å². The van der Waals surface area contributed by atoms with Gasteiger partial charge < -0.3 is 5.32 Å². The molecule has 1 heteroatoms. The maximum atomic E-state index is 3.89. The van der Waals surface area contributed by atoms with Crippen molar-refractivity contribution in [2.75, 3.05) is 0 Å². The Morgan fingerprint density at radius 3 is 2.79 bits per heavy atom. The van der Waals surface area contributed by atoms with Crippen LogP contribution in [0.5, 0.6) is 0 Å². The Morgan fingerprint density at radius 1 is 1.14 bits per heavy atom. The van der Waals surface area contributed by atoms with Crippen LogP contribution in [0.1, 0.15) is 58.8 Å². The minimum atomic E-state index is 0.839. The first-order chi connectivity index (χ1) is 6.81. The minimum absolute atomic E-state index is 0.839. The molecule has 0 bridgehead atoms. The fourth-order valence-electron chi connectivity index (χ4n) is 3.53. The lowest BCUT2D eigenvalue weighted by Gasteiger charge is -2.44. The van der Waals surface area contributed by atoms with E-state index in [2.05, 4.69) is 19.2 Å². The third kappa shape index (κ3) is 2.13. The van der Waals surface area contributed by atoms with Crippen molar-refractivity contribution >= 4 is 0 Å². The number of hydrogen-bond acceptors (Lipinski definition) is 1. The van der Waals surface area contributed by atoms with Crippen molar-refractivity contribution in [2.24, 2.45) is 11.8 Å². The summed E-state index contributed by atoms with van der Waals surface area (Å²) in [5, 5.41) is 3.89. The molecule has 2 rings (SSSR count). The van der Waals surface area contributed by atoms with Gasteiger partial charge in [0.25, 0.3) is 0 Å². The minimum Gasteiger partial charge on any atom is -0.311 e. The van der Waals surface area contributed by atoms with Gasteiger partial charge in [-0.2, -0.15) is 0 Å². The molecule has 14 heavy (non-hydrogen) atoms. The van der Waals surface area contributed by atoms with Crippen molar-refractivity contribution in [2.45, 2.75) is 70.9 Å². The Labute approximate surface area is 88.7 Å². The highest BCUT2D eigenvalue weighted by molar-refractivity contribution is 4.91. The third-order valence-corrected chi connectivity index (χ3v) is 4.36. The second-order valence-electron chi connectivity index (χ2n) is 5.41. The fraction of sp³-hybridized carbons (Fsp3) is 1.00. The van der Waals surface area contributed by atoms with E-state index in [1.807, 2.05) is 0 Å². The first kappa shape index (κ1) is 10.5. The fourth-order valence-corrected chi connectivity index (χ4v) is 3.53. The molecule has 2 aliphatic rings. The predicted octanol–water partition coefficient (Wildman–Crippen LogP) is 3.34. The molecule has 1 aliphatic heterocycles. The van der Waals surface area contributed by atoms with Gasteiger partial charge in [-0.3, -0.25) is 0 Å². The van der Waals surface area contributed by atoms with Gasteiger partial charge in [0, 0.05) is 12.1 Å². The van der Waals surface area contributed by atoms with Crippen LogP contribution in [0.4, 0.5) is 0 Å². The normalized spacial score (nSPS) is 43.3. The predicted molar refractivity (Wildman–Crippen MR) is 61.4 cm³/mol. The summed E-state index contributed by atoms with van der Waals surface area (Å²) in [5.41, 5.74) is 0. The first-order valence-corrected chi connectivity index (χ1v) is 6.57. The summed E-state index contributed by atoms with van der Waals surface area (Å²) in [4.78, 5) is 0. The lowest BCUT2D eigenvalue weighted by Crippen LogP contribution is -2.50. The zero-order valence-electron chi connectivity index (χ0n) is 9.76. The largest absolute Gasteiger partial charge is 0.311 e. The molecule has 2 fully saturated rings. The third-order valence-electron chi connectivity index (χ3n) is 4.36. The van der Waals surface area contributed by atoms with Gasteiger partial charge in [0.15, 0.2) is 0 Å². The average Bonchev–Trinajstić information content (AvgIpc) is 2.18. The van der Waals surface area contributed by atoms with E-state index in [0.717, 1.165) is 23.9 Å². The topological polar surface area (TPSA) is 12.0 Å². The molecule has 4 atom stereocenters. The van der Waals surface area contributed by atoms with Gasteiger partial charge in [0.1, 0.15) is 0 Å². The van der Waals surface area contributed by atoms with Crippen LogP contribution in [0.25, 0.3) is 0 Å². The Kier molecular flexibility index (Phi) is 3.48. The molecule has 1 nitrogen and oxygen atoms in total. The van der Waals surface area contributed by atoms with Crippen molar-refractivity contribution in [3.63, 3.8) is 0 Å². The summed E-state index contributed by atoms with van der Waals surface area (Å²) in [5.74, 6) is 1.97. The zero-order chi connectivity index (χ0) is 9.97. The van der Waals surface area contributed by atoms with Crippen LogP contribution >= 0.6 is 0 Å². The number of rotatable bonds is 2. The Balaban J connectivity index is 1.89. The Bertz CT molecular complexity index is 178. The van der Waals surface area contributed by atoms with E-state index >= 15 is 0 Å². The van der Waals surface area contributed by atoms with Gasteiger partial charge in [-0.1, -0.05) is 33.1 Å². The molecule has 1 saturated heterocycles. The summed E-state index contributed by atoms with van der Waals surface area (Å²) in [6.07, 6.45) is 10.0. The molecular formula is C13H25N. The second-order valence-corrected chi connectivity index (χ2v) is 5.41. The van der Waals surface area contributed by atoms with Gasteiger partial charge in [-0.05, 0) is 37.5 Å². The highest BCUT2D eigenvalue weighted by atomic mass is 15.0. The number of piperidine rings is 1. The van der Waals surface area contributed by atoms with Gasteiger partial charge in [0.05, 0.1) is 0 Å². The average molecular weight is 195 g/mol. The van der Waals surface area contributed by atoms with Gasteiger partial charge >= 0.3 is 0 Å². The lowest BCUT2D eigenvalue weighted by atomic mass is 9.71. The molecule has 0 amide bonds. The zero-order valence-corrected chi connectivity index (χ0v) is 9.76. The van der Waals surface area contributed by atoms with Crippen molar-refractivity contribution < 1.29 is 0 Å². The molecular weight excluding hydrogens is 170 g/mol. The van der Waals surface area contributed by atoms with Crippen LogP contribution in [0.15, 0.2) is 0 Å². The Morgan fingerprint density at radius 2 is 2.00 bits per heavy atom. The highest BCUT2D eigenvalue weighted by Crippen LogP contribution is 2.36. The smallest absolute Gasteiger partial charge is 0.0100 e. The molecule has 1 saturated carbocycles. The maximum absolute atomic E-state index is 3.89. The van der Waals surface area contributed by atoms with Crippen molar-refractivity contribution in [3.8, 4) is 0 Å². The summed E-state index contributed by atoms with van der Waals surface area (Å²) >= 11 is 0. The van der Waals surface area contributed by atoms with Crippen molar-refractivity contribution in [1.82, 2.24) is 5.32 Å². The van der Waals surface area contributed by atoms with E-state index in [0.29, 0.717) is 0 Å². The summed E-state index contributed by atoms with van der Waals surface area (Å²) < 4.78 is 0. The lowest BCUT2D eigenvalue weighted by molar-refractivity contribution is 0.122. The molecule has 0 aromatic carbocycles. The molecule has 0 radical (unpaired) electrons. The number of hydrogen-bond donors (Lipinski definition) is 1. The number of nitrogens with one attached hydrogen (secondary N) is 1. The highest BCUT2D eigenvalue weighted by Gasteiger charge is 2.34. The summed E-state index contributed by atoms with van der Waals surface area (Å²) in [6, 6.07) is 1.70. The van der Waals surface area contributed by atoms with Crippen LogP contribution in [0.3, 0.4) is 0 Å². The van der Waals surface area contributed by atoms with E-state index in [-0.39, 0.29) is 0 Å².